The number of nitrogens with zero attached hydrogens (tertiary/aromatic N) is 1. The lowest BCUT2D eigenvalue weighted by atomic mass is 10.1. The number of nitrogens with one attached hydrogen (secondary N) is 2. The highest BCUT2D eigenvalue weighted by molar-refractivity contribution is 6.00. The summed E-state index contributed by atoms with van der Waals surface area (Å²) in [6.45, 7) is 0. The van der Waals surface area contributed by atoms with Crippen LogP contribution in [0.1, 0.15) is 5.56 Å². The van der Waals surface area contributed by atoms with E-state index in [2.05, 4.69) is 15.6 Å². The Bertz CT molecular complexity index is 891. The van der Waals surface area contributed by atoms with Crippen LogP contribution in [0.25, 0.3) is 10.9 Å². The minimum atomic E-state index is -0.801. The van der Waals surface area contributed by atoms with Gasteiger partial charge in [0.05, 0.1) is 11.2 Å². The van der Waals surface area contributed by atoms with Crippen molar-refractivity contribution in [1.29, 1.82) is 0 Å². The van der Waals surface area contributed by atoms with Crippen molar-refractivity contribution in [3.8, 4) is 0 Å². The zero-order valence-electron chi connectivity index (χ0n) is 13.5. The van der Waals surface area contributed by atoms with Gasteiger partial charge < -0.3 is 16.4 Å². The van der Waals surface area contributed by atoms with Crippen molar-refractivity contribution in [1.82, 2.24) is 10.3 Å². The fourth-order valence-corrected chi connectivity index (χ4v) is 2.59. The standard InChI is InChI=1S/C19H18N4O2/c20-18(24)16(12-13-6-2-1-3-7-13)23-19(25)22-15-10-4-8-14-9-5-11-21-17(14)15/h1-11,16H,12H2,(H2,20,24)(H2,22,23,25)/t16-/m1/s1. The van der Waals surface area contributed by atoms with Crippen molar-refractivity contribution in [2.24, 2.45) is 5.73 Å². The van der Waals surface area contributed by atoms with E-state index in [1.54, 1.807) is 12.3 Å². The minimum absolute atomic E-state index is 0.331. The molecule has 4 N–H and O–H groups in total. The predicted molar refractivity (Wildman–Crippen MR) is 97.0 cm³/mol. The number of aromatic nitrogens is 1. The quantitative estimate of drug-likeness (QED) is 0.668. The van der Waals surface area contributed by atoms with Crippen LogP contribution in [0, 0.1) is 0 Å². The van der Waals surface area contributed by atoms with Crippen LogP contribution in [0.5, 0.6) is 0 Å². The zero-order chi connectivity index (χ0) is 17.6. The van der Waals surface area contributed by atoms with E-state index in [0.717, 1.165) is 10.9 Å². The maximum absolute atomic E-state index is 12.3. The molecule has 25 heavy (non-hydrogen) atoms. The first-order valence-electron chi connectivity index (χ1n) is 7.88. The largest absolute Gasteiger partial charge is 0.368 e. The summed E-state index contributed by atoms with van der Waals surface area (Å²) in [6.07, 6.45) is 1.99. The summed E-state index contributed by atoms with van der Waals surface area (Å²) in [5.74, 6) is -0.588. The first kappa shape index (κ1) is 16.4. The molecule has 3 aromatic rings. The fourth-order valence-electron chi connectivity index (χ4n) is 2.59. The summed E-state index contributed by atoms with van der Waals surface area (Å²) in [7, 11) is 0. The molecule has 0 aliphatic carbocycles. The van der Waals surface area contributed by atoms with Gasteiger partial charge in [0.15, 0.2) is 0 Å². The van der Waals surface area contributed by atoms with E-state index in [1.165, 1.54) is 0 Å². The Morgan fingerprint density at radius 3 is 2.52 bits per heavy atom. The molecule has 0 spiro atoms. The van der Waals surface area contributed by atoms with Gasteiger partial charge in [-0.2, -0.15) is 0 Å². The van der Waals surface area contributed by atoms with Gasteiger partial charge in [-0.05, 0) is 17.7 Å². The third-order valence-corrected chi connectivity index (χ3v) is 3.81. The fraction of sp³-hybridized carbons (Fsp3) is 0.105. The Labute approximate surface area is 145 Å². The van der Waals surface area contributed by atoms with E-state index in [-0.39, 0.29) is 0 Å². The molecule has 1 heterocycles. The molecule has 3 rings (SSSR count). The summed E-state index contributed by atoms with van der Waals surface area (Å²) in [5, 5.41) is 6.27. The maximum Gasteiger partial charge on any atom is 0.319 e. The number of rotatable bonds is 5. The van der Waals surface area contributed by atoms with Crippen molar-refractivity contribution in [2.75, 3.05) is 5.32 Å². The van der Waals surface area contributed by atoms with Crippen molar-refractivity contribution in [3.63, 3.8) is 0 Å². The molecule has 0 aliphatic rings. The van der Waals surface area contributed by atoms with E-state index in [1.807, 2.05) is 54.6 Å². The summed E-state index contributed by atoms with van der Waals surface area (Å²) in [5.41, 5.74) is 7.59. The third kappa shape index (κ3) is 4.11. The summed E-state index contributed by atoms with van der Waals surface area (Å²) >= 11 is 0. The van der Waals surface area contributed by atoms with E-state index in [0.29, 0.717) is 17.6 Å². The van der Waals surface area contributed by atoms with Gasteiger partial charge in [-0.3, -0.25) is 9.78 Å². The average Bonchev–Trinajstić information content (AvgIpc) is 2.62. The number of pyridine rings is 1. The van der Waals surface area contributed by atoms with E-state index < -0.39 is 18.0 Å². The smallest absolute Gasteiger partial charge is 0.319 e. The van der Waals surface area contributed by atoms with Gasteiger partial charge in [0.1, 0.15) is 6.04 Å². The monoisotopic (exact) mass is 334 g/mol. The molecule has 1 aromatic heterocycles. The van der Waals surface area contributed by atoms with Gasteiger partial charge in [0, 0.05) is 18.0 Å². The highest BCUT2D eigenvalue weighted by Gasteiger charge is 2.19. The molecule has 0 unspecified atom stereocenters. The number of primary amides is 1. The van der Waals surface area contributed by atoms with Crippen LogP contribution in [0.2, 0.25) is 0 Å². The molecule has 0 saturated carbocycles. The van der Waals surface area contributed by atoms with Crippen LogP contribution in [0.4, 0.5) is 10.5 Å². The molecule has 1 atom stereocenters. The third-order valence-electron chi connectivity index (χ3n) is 3.81. The number of hydrogen-bond acceptors (Lipinski definition) is 3. The van der Waals surface area contributed by atoms with Gasteiger partial charge in [-0.25, -0.2) is 4.79 Å². The number of nitrogens with two attached hydrogens (primary N) is 1. The molecule has 2 aromatic carbocycles. The molecule has 126 valence electrons. The minimum Gasteiger partial charge on any atom is -0.368 e. The van der Waals surface area contributed by atoms with Crippen LogP contribution in [0.15, 0.2) is 66.9 Å². The van der Waals surface area contributed by atoms with Crippen LogP contribution < -0.4 is 16.4 Å². The number of anilines is 1. The number of carbonyl (C=O) groups excluding carboxylic acids is 2. The highest BCUT2D eigenvalue weighted by atomic mass is 16.2. The van der Waals surface area contributed by atoms with Crippen LogP contribution in [-0.2, 0) is 11.2 Å². The van der Waals surface area contributed by atoms with E-state index >= 15 is 0 Å². The SMILES string of the molecule is NC(=O)[C@@H](Cc1ccccc1)NC(=O)Nc1cccc2cccnc12. The molecule has 0 saturated heterocycles. The van der Waals surface area contributed by atoms with E-state index in [9.17, 15) is 9.59 Å². The van der Waals surface area contributed by atoms with Crippen molar-refractivity contribution < 1.29 is 9.59 Å². The van der Waals surface area contributed by atoms with Crippen LogP contribution in [-0.4, -0.2) is 23.0 Å². The number of amides is 3. The van der Waals surface area contributed by atoms with Gasteiger partial charge in [0.2, 0.25) is 5.91 Å². The Morgan fingerprint density at radius 1 is 1.00 bits per heavy atom. The Balaban J connectivity index is 1.72. The molecule has 6 heteroatoms. The van der Waals surface area contributed by atoms with Gasteiger partial charge in [0.25, 0.3) is 0 Å². The maximum atomic E-state index is 12.3. The average molecular weight is 334 g/mol. The number of carbonyl (C=O) groups is 2. The van der Waals surface area contributed by atoms with Crippen molar-refractivity contribution in [3.05, 3.63) is 72.4 Å². The molecule has 0 fully saturated rings. The molecular formula is C19H18N4O2. The predicted octanol–water partition coefficient (Wildman–Crippen LogP) is 2.45. The second-order valence-corrected chi connectivity index (χ2v) is 5.62. The molecule has 6 nitrogen and oxygen atoms in total. The van der Waals surface area contributed by atoms with Gasteiger partial charge >= 0.3 is 6.03 Å². The molecular weight excluding hydrogens is 316 g/mol. The van der Waals surface area contributed by atoms with Gasteiger partial charge in [-0.15, -0.1) is 0 Å². The van der Waals surface area contributed by atoms with Gasteiger partial charge in [-0.1, -0.05) is 48.5 Å². The molecule has 0 radical (unpaired) electrons. The Kier molecular flexibility index (Phi) is 4.89. The number of hydrogen-bond donors (Lipinski definition) is 3. The topological polar surface area (TPSA) is 97.1 Å². The van der Waals surface area contributed by atoms with Crippen LogP contribution >= 0.6 is 0 Å². The summed E-state index contributed by atoms with van der Waals surface area (Å²) in [6, 6.07) is 17.3. The van der Waals surface area contributed by atoms with Crippen molar-refractivity contribution >= 4 is 28.5 Å². The second kappa shape index (κ2) is 7.44. The summed E-state index contributed by atoms with van der Waals surface area (Å²) in [4.78, 5) is 28.3. The number of fused-ring (bicyclic) bond motifs is 1. The van der Waals surface area contributed by atoms with Crippen LogP contribution in [0.3, 0.4) is 0 Å². The second-order valence-electron chi connectivity index (χ2n) is 5.62. The van der Waals surface area contributed by atoms with E-state index in [4.69, 9.17) is 5.73 Å². The molecule has 0 aliphatic heterocycles. The lowest BCUT2D eigenvalue weighted by Crippen LogP contribution is -2.47. The molecule has 0 bridgehead atoms. The van der Waals surface area contributed by atoms with Crippen molar-refractivity contribution in [2.45, 2.75) is 12.5 Å². The lowest BCUT2D eigenvalue weighted by molar-refractivity contribution is -0.119. The molecule has 3 amide bonds. The Morgan fingerprint density at radius 2 is 1.76 bits per heavy atom. The number of urea groups is 1. The highest BCUT2D eigenvalue weighted by Crippen LogP contribution is 2.20. The Hall–Kier alpha value is -3.41. The summed E-state index contributed by atoms with van der Waals surface area (Å²) < 4.78 is 0. The number of para-hydroxylation sites is 1. The lowest BCUT2D eigenvalue weighted by Gasteiger charge is -2.16. The first-order valence-corrected chi connectivity index (χ1v) is 7.88. The number of benzene rings is 2. The first-order chi connectivity index (χ1) is 12.1. The normalized spacial score (nSPS) is 11.7. The zero-order valence-corrected chi connectivity index (χ0v) is 13.5.